The molecule has 1 amide bonds. The molecule has 0 aromatic carbocycles. The number of nitrogens with two attached hydrogens (primary N) is 1. The molecular formula is C8H11N3O. The van der Waals surface area contributed by atoms with Gasteiger partial charge < -0.3 is 5.73 Å². The van der Waals surface area contributed by atoms with E-state index in [2.05, 4.69) is 5.10 Å². The van der Waals surface area contributed by atoms with E-state index < -0.39 is 0 Å². The molecule has 1 fully saturated rings. The van der Waals surface area contributed by atoms with Crippen LogP contribution in [0.15, 0.2) is 12.3 Å². The predicted octanol–water partition coefficient (Wildman–Crippen LogP) is 0.00890. The zero-order valence-corrected chi connectivity index (χ0v) is 6.90. The lowest BCUT2D eigenvalue weighted by Crippen LogP contribution is -2.14. The van der Waals surface area contributed by atoms with Crippen LogP contribution in [0.1, 0.15) is 18.0 Å². The average molecular weight is 165 g/mol. The van der Waals surface area contributed by atoms with Crippen molar-refractivity contribution in [1.82, 2.24) is 9.78 Å². The third kappa shape index (κ3) is 0.995. The van der Waals surface area contributed by atoms with Crippen LogP contribution in [0, 0.1) is 5.92 Å². The van der Waals surface area contributed by atoms with Gasteiger partial charge in [-0.15, -0.1) is 0 Å². The van der Waals surface area contributed by atoms with Crippen LogP contribution >= 0.6 is 0 Å². The van der Waals surface area contributed by atoms with Crippen molar-refractivity contribution in [3.63, 3.8) is 0 Å². The average Bonchev–Trinajstić information content (AvgIpc) is 2.70. The highest BCUT2D eigenvalue weighted by Gasteiger charge is 2.44. The van der Waals surface area contributed by atoms with Crippen molar-refractivity contribution in [2.24, 2.45) is 18.7 Å². The van der Waals surface area contributed by atoms with E-state index in [1.165, 1.54) is 0 Å². The molecule has 2 rings (SSSR count). The van der Waals surface area contributed by atoms with Crippen LogP contribution in [0.2, 0.25) is 0 Å². The lowest BCUT2D eigenvalue weighted by atomic mass is 10.2. The number of hydrogen-bond donors (Lipinski definition) is 1. The predicted molar refractivity (Wildman–Crippen MR) is 43.3 cm³/mol. The number of nitrogens with zero attached hydrogens (tertiary/aromatic N) is 2. The second-order valence-corrected chi connectivity index (χ2v) is 3.23. The molecule has 1 heterocycles. The smallest absolute Gasteiger partial charge is 0.221 e. The monoisotopic (exact) mass is 165 g/mol. The summed E-state index contributed by atoms with van der Waals surface area (Å²) in [5, 5.41) is 4.04. The summed E-state index contributed by atoms with van der Waals surface area (Å²) in [6.45, 7) is 0. The number of carbonyl (C=O) groups excluding carboxylic acids is 1. The quantitative estimate of drug-likeness (QED) is 0.671. The molecule has 4 heteroatoms. The van der Waals surface area contributed by atoms with Crippen LogP contribution in [-0.4, -0.2) is 15.7 Å². The van der Waals surface area contributed by atoms with Gasteiger partial charge in [-0.2, -0.15) is 5.10 Å². The third-order valence-corrected chi connectivity index (χ3v) is 2.39. The first kappa shape index (κ1) is 7.34. The van der Waals surface area contributed by atoms with E-state index in [1.807, 2.05) is 13.1 Å². The van der Waals surface area contributed by atoms with Crippen LogP contribution in [0.4, 0.5) is 0 Å². The standard InChI is InChI=1S/C8H11N3O/c1-11-7(2-3-10-11)5-4-6(5)8(9)12/h2-3,5-6H,4H2,1H3,(H2,9,12). The molecule has 2 N–H and O–H groups in total. The molecular weight excluding hydrogens is 154 g/mol. The van der Waals surface area contributed by atoms with E-state index in [1.54, 1.807) is 10.9 Å². The van der Waals surface area contributed by atoms with E-state index >= 15 is 0 Å². The Labute approximate surface area is 70.4 Å². The largest absolute Gasteiger partial charge is 0.369 e. The fourth-order valence-electron chi connectivity index (χ4n) is 1.58. The highest BCUT2D eigenvalue weighted by Crippen LogP contribution is 2.46. The molecule has 12 heavy (non-hydrogen) atoms. The molecule has 0 bridgehead atoms. The van der Waals surface area contributed by atoms with Gasteiger partial charge in [0.05, 0.1) is 0 Å². The molecule has 0 aliphatic heterocycles. The first-order valence-corrected chi connectivity index (χ1v) is 3.97. The first-order chi connectivity index (χ1) is 5.70. The summed E-state index contributed by atoms with van der Waals surface area (Å²) in [5.74, 6) is 0.164. The van der Waals surface area contributed by atoms with E-state index in [4.69, 9.17) is 5.73 Å². The maximum atomic E-state index is 10.8. The van der Waals surface area contributed by atoms with Crippen LogP contribution in [0.3, 0.4) is 0 Å². The summed E-state index contributed by atoms with van der Waals surface area (Å²) < 4.78 is 1.80. The minimum atomic E-state index is -0.193. The molecule has 64 valence electrons. The van der Waals surface area contributed by atoms with Crippen molar-refractivity contribution in [3.05, 3.63) is 18.0 Å². The summed E-state index contributed by atoms with van der Waals surface area (Å²) >= 11 is 0. The van der Waals surface area contributed by atoms with Crippen LogP contribution in [0.5, 0.6) is 0 Å². The number of aromatic nitrogens is 2. The summed E-state index contributed by atoms with van der Waals surface area (Å²) in [4.78, 5) is 10.8. The Kier molecular flexibility index (Phi) is 1.43. The van der Waals surface area contributed by atoms with Gasteiger partial charge in [-0.3, -0.25) is 9.48 Å². The minimum absolute atomic E-state index is 0.0420. The second-order valence-electron chi connectivity index (χ2n) is 3.23. The molecule has 0 spiro atoms. The van der Waals surface area contributed by atoms with E-state index in [9.17, 15) is 4.79 Å². The molecule has 1 saturated carbocycles. The highest BCUT2D eigenvalue weighted by molar-refractivity contribution is 5.80. The topological polar surface area (TPSA) is 60.9 Å². The zero-order valence-electron chi connectivity index (χ0n) is 6.90. The molecule has 4 nitrogen and oxygen atoms in total. The zero-order chi connectivity index (χ0) is 8.72. The Hall–Kier alpha value is -1.32. The van der Waals surface area contributed by atoms with Crippen LogP contribution < -0.4 is 5.73 Å². The van der Waals surface area contributed by atoms with Crippen molar-refractivity contribution in [2.75, 3.05) is 0 Å². The normalized spacial score (nSPS) is 27.1. The third-order valence-electron chi connectivity index (χ3n) is 2.39. The lowest BCUT2D eigenvalue weighted by molar-refractivity contribution is -0.119. The van der Waals surface area contributed by atoms with Crippen molar-refractivity contribution in [3.8, 4) is 0 Å². The maximum Gasteiger partial charge on any atom is 0.221 e. The summed E-state index contributed by atoms with van der Waals surface area (Å²) in [7, 11) is 1.88. The Morgan fingerprint density at radius 1 is 1.83 bits per heavy atom. The van der Waals surface area contributed by atoms with E-state index in [0.717, 1.165) is 12.1 Å². The maximum absolute atomic E-state index is 10.8. The van der Waals surface area contributed by atoms with Crippen LogP contribution in [0.25, 0.3) is 0 Å². The fraction of sp³-hybridized carbons (Fsp3) is 0.500. The molecule has 1 aliphatic rings. The van der Waals surface area contributed by atoms with Gasteiger partial charge >= 0.3 is 0 Å². The van der Waals surface area contributed by atoms with Crippen molar-refractivity contribution in [2.45, 2.75) is 12.3 Å². The number of hydrogen-bond acceptors (Lipinski definition) is 2. The molecule has 1 aromatic rings. The van der Waals surface area contributed by atoms with E-state index in [-0.39, 0.29) is 11.8 Å². The summed E-state index contributed by atoms with van der Waals surface area (Å²) in [6, 6.07) is 1.94. The highest BCUT2D eigenvalue weighted by atomic mass is 16.1. The van der Waals surface area contributed by atoms with Gasteiger partial charge in [0.25, 0.3) is 0 Å². The summed E-state index contributed by atoms with van der Waals surface area (Å²) in [6.07, 6.45) is 2.63. The van der Waals surface area contributed by atoms with Gasteiger partial charge in [0.2, 0.25) is 5.91 Å². The minimum Gasteiger partial charge on any atom is -0.369 e. The SMILES string of the molecule is Cn1nccc1C1CC1C(N)=O. The van der Waals surface area contributed by atoms with E-state index in [0.29, 0.717) is 5.92 Å². The molecule has 2 atom stereocenters. The number of aryl methyl sites for hydroxylation is 1. The number of rotatable bonds is 2. The van der Waals surface area contributed by atoms with Gasteiger partial charge in [0.15, 0.2) is 0 Å². The first-order valence-electron chi connectivity index (χ1n) is 3.97. The Morgan fingerprint density at radius 3 is 3.00 bits per heavy atom. The van der Waals surface area contributed by atoms with Gasteiger partial charge in [-0.05, 0) is 12.5 Å². The lowest BCUT2D eigenvalue weighted by Gasteiger charge is -1.97. The molecule has 2 unspecified atom stereocenters. The van der Waals surface area contributed by atoms with Crippen molar-refractivity contribution >= 4 is 5.91 Å². The fourth-order valence-corrected chi connectivity index (χ4v) is 1.58. The Bertz CT molecular complexity index is 318. The Balaban J connectivity index is 2.15. The van der Waals surface area contributed by atoms with Gasteiger partial charge in [0.1, 0.15) is 0 Å². The summed E-state index contributed by atoms with van der Waals surface area (Å²) in [5.41, 5.74) is 6.29. The van der Waals surface area contributed by atoms with Gasteiger partial charge in [-0.25, -0.2) is 0 Å². The Morgan fingerprint density at radius 2 is 2.58 bits per heavy atom. The van der Waals surface area contributed by atoms with Gasteiger partial charge in [-0.1, -0.05) is 0 Å². The second kappa shape index (κ2) is 2.33. The number of amides is 1. The molecule has 1 aromatic heterocycles. The number of carbonyl (C=O) groups is 1. The van der Waals surface area contributed by atoms with Gasteiger partial charge in [0, 0.05) is 30.8 Å². The molecule has 1 aliphatic carbocycles. The number of primary amides is 1. The molecule has 0 radical (unpaired) electrons. The van der Waals surface area contributed by atoms with Crippen LogP contribution in [-0.2, 0) is 11.8 Å². The molecule has 0 saturated heterocycles. The van der Waals surface area contributed by atoms with Crippen molar-refractivity contribution in [1.29, 1.82) is 0 Å². The van der Waals surface area contributed by atoms with Crippen molar-refractivity contribution < 1.29 is 4.79 Å².